The highest BCUT2D eigenvalue weighted by Crippen LogP contribution is 2.31. The SMILES string of the molecule is CN(Cc1ccon1)C(=O)NC1CCCN(C(=O)C2CC2)C1. The Morgan fingerprint density at radius 1 is 1.45 bits per heavy atom. The van der Waals surface area contributed by atoms with Crippen molar-refractivity contribution >= 4 is 11.9 Å². The third-order valence-corrected chi connectivity index (χ3v) is 4.22. The zero-order chi connectivity index (χ0) is 15.5. The predicted octanol–water partition coefficient (Wildman–Crippen LogP) is 1.22. The number of nitrogens with zero attached hydrogens (tertiary/aromatic N) is 3. The van der Waals surface area contributed by atoms with Crippen LogP contribution in [-0.4, -0.2) is 53.1 Å². The minimum atomic E-state index is -0.145. The molecule has 1 saturated heterocycles. The Morgan fingerprint density at radius 3 is 2.95 bits per heavy atom. The van der Waals surface area contributed by atoms with Crippen LogP contribution in [0.4, 0.5) is 4.79 Å². The molecule has 1 aliphatic carbocycles. The smallest absolute Gasteiger partial charge is 0.317 e. The van der Waals surface area contributed by atoms with E-state index in [1.807, 2.05) is 4.90 Å². The van der Waals surface area contributed by atoms with Crippen LogP contribution in [0.1, 0.15) is 31.4 Å². The van der Waals surface area contributed by atoms with Crippen molar-refractivity contribution in [3.63, 3.8) is 0 Å². The van der Waals surface area contributed by atoms with Crippen LogP contribution in [0.3, 0.4) is 0 Å². The topological polar surface area (TPSA) is 78.7 Å². The first kappa shape index (κ1) is 14.9. The molecule has 2 aliphatic rings. The second kappa shape index (κ2) is 6.37. The molecule has 0 bridgehead atoms. The van der Waals surface area contributed by atoms with Gasteiger partial charge in [-0.3, -0.25) is 4.79 Å². The summed E-state index contributed by atoms with van der Waals surface area (Å²) in [7, 11) is 1.72. The van der Waals surface area contributed by atoms with Gasteiger partial charge in [-0.2, -0.15) is 0 Å². The lowest BCUT2D eigenvalue weighted by atomic mass is 10.1. The summed E-state index contributed by atoms with van der Waals surface area (Å²) >= 11 is 0. The number of hydrogen-bond acceptors (Lipinski definition) is 4. The molecule has 2 fully saturated rings. The molecule has 1 aromatic heterocycles. The van der Waals surface area contributed by atoms with Crippen molar-refractivity contribution in [1.29, 1.82) is 0 Å². The normalized spacial score (nSPS) is 21.5. The molecule has 1 atom stereocenters. The number of amides is 3. The number of nitrogens with one attached hydrogen (secondary N) is 1. The molecule has 1 N–H and O–H groups in total. The number of aromatic nitrogens is 1. The fourth-order valence-electron chi connectivity index (χ4n) is 2.80. The van der Waals surface area contributed by atoms with Crippen molar-refractivity contribution in [3.05, 3.63) is 18.0 Å². The van der Waals surface area contributed by atoms with Gasteiger partial charge in [-0.1, -0.05) is 5.16 Å². The molecule has 7 nitrogen and oxygen atoms in total. The zero-order valence-electron chi connectivity index (χ0n) is 12.8. The second-order valence-electron chi connectivity index (χ2n) is 6.19. The first-order valence-corrected chi connectivity index (χ1v) is 7.83. The van der Waals surface area contributed by atoms with Crippen molar-refractivity contribution in [2.24, 2.45) is 5.92 Å². The van der Waals surface area contributed by atoms with Crippen molar-refractivity contribution in [2.75, 3.05) is 20.1 Å². The number of carbonyl (C=O) groups excluding carboxylic acids is 2. The van der Waals surface area contributed by atoms with E-state index >= 15 is 0 Å². The van der Waals surface area contributed by atoms with Gasteiger partial charge >= 0.3 is 6.03 Å². The molecule has 3 rings (SSSR count). The second-order valence-corrected chi connectivity index (χ2v) is 6.19. The van der Waals surface area contributed by atoms with Crippen molar-refractivity contribution in [2.45, 2.75) is 38.3 Å². The van der Waals surface area contributed by atoms with Crippen LogP contribution >= 0.6 is 0 Å². The minimum Gasteiger partial charge on any atom is -0.364 e. The van der Waals surface area contributed by atoms with Gasteiger partial charge in [0.05, 0.1) is 6.54 Å². The Labute approximate surface area is 129 Å². The number of urea groups is 1. The number of piperidine rings is 1. The van der Waals surface area contributed by atoms with Crippen LogP contribution in [0, 0.1) is 5.92 Å². The number of likely N-dealkylation sites (tertiary alicyclic amines) is 1. The highest BCUT2D eigenvalue weighted by atomic mass is 16.5. The molecule has 3 amide bonds. The first-order chi connectivity index (χ1) is 10.6. The van der Waals surface area contributed by atoms with Gasteiger partial charge in [0, 0.05) is 38.2 Å². The molecule has 0 radical (unpaired) electrons. The molecule has 0 aromatic carbocycles. The number of rotatable bonds is 4. The summed E-state index contributed by atoms with van der Waals surface area (Å²) in [6.45, 7) is 1.84. The predicted molar refractivity (Wildman–Crippen MR) is 78.8 cm³/mol. The van der Waals surface area contributed by atoms with Gasteiger partial charge in [-0.15, -0.1) is 0 Å². The fourth-order valence-corrected chi connectivity index (χ4v) is 2.80. The van der Waals surface area contributed by atoms with Gasteiger partial charge in [-0.05, 0) is 25.7 Å². The first-order valence-electron chi connectivity index (χ1n) is 7.83. The molecule has 1 saturated carbocycles. The summed E-state index contributed by atoms with van der Waals surface area (Å²) in [5.41, 5.74) is 0.715. The highest BCUT2D eigenvalue weighted by molar-refractivity contribution is 5.81. The molecule has 0 spiro atoms. The van der Waals surface area contributed by atoms with E-state index in [-0.39, 0.29) is 23.9 Å². The van der Waals surface area contributed by atoms with Gasteiger partial charge < -0.3 is 19.6 Å². The lowest BCUT2D eigenvalue weighted by Crippen LogP contribution is -2.52. The van der Waals surface area contributed by atoms with Crippen molar-refractivity contribution < 1.29 is 14.1 Å². The van der Waals surface area contributed by atoms with Gasteiger partial charge in [-0.25, -0.2) is 4.79 Å². The van der Waals surface area contributed by atoms with E-state index in [9.17, 15) is 9.59 Å². The summed E-state index contributed by atoms with van der Waals surface area (Å²) in [6.07, 6.45) is 5.39. The maximum Gasteiger partial charge on any atom is 0.317 e. The zero-order valence-corrected chi connectivity index (χ0v) is 12.8. The molecule has 1 aromatic rings. The van der Waals surface area contributed by atoms with Crippen LogP contribution < -0.4 is 5.32 Å². The Hall–Kier alpha value is -2.05. The lowest BCUT2D eigenvalue weighted by molar-refractivity contribution is -0.133. The van der Waals surface area contributed by atoms with E-state index in [0.717, 1.165) is 32.2 Å². The minimum absolute atomic E-state index is 0.0312. The molecule has 1 unspecified atom stereocenters. The van der Waals surface area contributed by atoms with Crippen molar-refractivity contribution in [1.82, 2.24) is 20.3 Å². The van der Waals surface area contributed by atoms with Gasteiger partial charge in [0.25, 0.3) is 0 Å². The average molecular weight is 306 g/mol. The quantitative estimate of drug-likeness (QED) is 0.907. The van der Waals surface area contributed by atoms with Crippen LogP contribution in [0.25, 0.3) is 0 Å². The van der Waals surface area contributed by atoms with Crippen molar-refractivity contribution in [3.8, 4) is 0 Å². The molecule has 2 heterocycles. The monoisotopic (exact) mass is 306 g/mol. The van der Waals surface area contributed by atoms with Gasteiger partial charge in [0.1, 0.15) is 12.0 Å². The lowest BCUT2D eigenvalue weighted by Gasteiger charge is -2.34. The number of carbonyl (C=O) groups is 2. The third kappa shape index (κ3) is 3.58. The van der Waals surface area contributed by atoms with E-state index in [1.165, 1.54) is 6.26 Å². The molecular weight excluding hydrogens is 284 g/mol. The molecule has 1 aliphatic heterocycles. The Balaban J connectivity index is 1.48. The third-order valence-electron chi connectivity index (χ3n) is 4.22. The van der Waals surface area contributed by atoms with Crippen LogP contribution in [0.5, 0.6) is 0 Å². The van der Waals surface area contributed by atoms with E-state index in [1.54, 1.807) is 18.0 Å². The number of hydrogen-bond donors (Lipinski definition) is 1. The summed E-state index contributed by atoms with van der Waals surface area (Å²) < 4.78 is 4.76. The van der Waals surface area contributed by atoms with Crippen LogP contribution in [-0.2, 0) is 11.3 Å². The van der Waals surface area contributed by atoms with E-state index in [4.69, 9.17) is 4.52 Å². The summed E-state index contributed by atoms with van der Waals surface area (Å²) in [6, 6.07) is 1.62. The summed E-state index contributed by atoms with van der Waals surface area (Å²) in [5.74, 6) is 0.499. The Kier molecular flexibility index (Phi) is 4.31. The summed E-state index contributed by atoms with van der Waals surface area (Å²) in [5, 5.41) is 6.81. The van der Waals surface area contributed by atoms with E-state index < -0.39 is 0 Å². The summed E-state index contributed by atoms with van der Waals surface area (Å²) in [4.78, 5) is 27.8. The standard InChI is InChI=1S/C15H22N4O3/c1-18(9-13-6-8-22-17-13)15(21)16-12-3-2-7-19(10-12)14(20)11-4-5-11/h6,8,11-12H,2-5,7,9-10H2,1H3,(H,16,21). The maximum absolute atomic E-state index is 12.2. The fraction of sp³-hybridized carbons (Fsp3) is 0.667. The van der Waals surface area contributed by atoms with E-state index in [2.05, 4.69) is 10.5 Å². The Bertz CT molecular complexity index is 527. The van der Waals surface area contributed by atoms with Crippen LogP contribution in [0.15, 0.2) is 16.9 Å². The largest absolute Gasteiger partial charge is 0.364 e. The molecule has 120 valence electrons. The maximum atomic E-state index is 12.2. The van der Waals surface area contributed by atoms with Gasteiger partial charge in [0.15, 0.2) is 0 Å². The molecule has 7 heteroatoms. The van der Waals surface area contributed by atoms with Crippen LogP contribution in [0.2, 0.25) is 0 Å². The van der Waals surface area contributed by atoms with E-state index in [0.29, 0.717) is 18.8 Å². The average Bonchev–Trinajstić information content (AvgIpc) is 3.25. The molecular formula is C15H22N4O3. The molecule has 22 heavy (non-hydrogen) atoms. The Morgan fingerprint density at radius 2 is 2.27 bits per heavy atom. The van der Waals surface area contributed by atoms with Gasteiger partial charge in [0.2, 0.25) is 5.91 Å². The highest BCUT2D eigenvalue weighted by Gasteiger charge is 2.35.